The van der Waals surface area contributed by atoms with E-state index >= 15 is 0 Å². The van der Waals surface area contributed by atoms with Crippen molar-refractivity contribution in [3.05, 3.63) is 22.1 Å². The lowest BCUT2D eigenvalue weighted by Gasteiger charge is -2.10. The number of amides is 1. The van der Waals surface area contributed by atoms with Crippen LogP contribution in [0.1, 0.15) is 23.2 Å². The zero-order valence-electron chi connectivity index (χ0n) is 12.2. The number of nitrogens with zero attached hydrogens (tertiary/aromatic N) is 4. The number of carbonyl (C=O) groups is 1. The lowest BCUT2D eigenvalue weighted by atomic mass is 10.3. The summed E-state index contributed by atoms with van der Waals surface area (Å²) in [6.45, 7) is 2.62. The third kappa shape index (κ3) is 2.81. The van der Waals surface area contributed by atoms with Crippen LogP contribution in [0.25, 0.3) is 4.96 Å². The molecular formula is C13H17N5O3S. The molecule has 3 heterocycles. The van der Waals surface area contributed by atoms with Gasteiger partial charge in [-0.3, -0.25) is 9.59 Å². The Balaban J connectivity index is 1.88. The lowest BCUT2D eigenvalue weighted by molar-refractivity contribution is 0.0935. The van der Waals surface area contributed by atoms with Crippen LogP contribution in [0.2, 0.25) is 0 Å². The van der Waals surface area contributed by atoms with Crippen LogP contribution in [0.4, 0.5) is 5.13 Å². The number of fused-ring (bicyclic) bond motifs is 1. The van der Waals surface area contributed by atoms with Crippen LogP contribution in [-0.2, 0) is 4.74 Å². The van der Waals surface area contributed by atoms with Gasteiger partial charge in [-0.1, -0.05) is 11.3 Å². The SMILES string of the molecule is COCCNC(=O)c1cnc2sc(N3CCCC3)nn2c1=O. The highest BCUT2D eigenvalue weighted by atomic mass is 32.1. The molecule has 118 valence electrons. The second kappa shape index (κ2) is 6.41. The third-order valence-electron chi connectivity index (χ3n) is 3.49. The molecule has 0 unspecified atom stereocenters. The molecule has 0 bridgehead atoms. The molecule has 0 saturated carbocycles. The number of aromatic nitrogens is 3. The fraction of sp³-hybridized carbons (Fsp3) is 0.538. The highest BCUT2D eigenvalue weighted by Gasteiger charge is 2.20. The van der Waals surface area contributed by atoms with Crippen molar-refractivity contribution in [2.45, 2.75) is 12.8 Å². The number of nitrogens with one attached hydrogen (secondary N) is 1. The van der Waals surface area contributed by atoms with Crippen LogP contribution in [0, 0.1) is 0 Å². The van der Waals surface area contributed by atoms with Crippen LogP contribution in [-0.4, -0.2) is 53.9 Å². The van der Waals surface area contributed by atoms with Crippen molar-refractivity contribution >= 4 is 27.3 Å². The van der Waals surface area contributed by atoms with Gasteiger partial charge in [0.15, 0.2) is 0 Å². The zero-order chi connectivity index (χ0) is 15.5. The van der Waals surface area contributed by atoms with Gasteiger partial charge in [-0.15, -0.1) is 5.10 Å². The zero-order valence-corrected chi connectivity index (χ0v) is 13.1. The molecule has 0 radical (unpaired) electrons. The monoisotopic (exact) mass is 323 g/mol. The van der Waals surface area contributed by atoms with E-state index in [0.717, 1.165) is 31.1 Å². The Morgan fingerprint density at radius 3 is 2.95 bits per heavy atom. The number of ether oxygens (including phenoxy) is 1. The maximum absolute atomic E-state index is 12.4. The van der Waals surface area contributed by atoms with E-state index in [0.29, 0.717) is 18.1 Å². The van der Waals surface area contributed by atoms with E-state index in [9.17, 15) is 9.59 Å². The summed E-state index contributed by atoms with van der Waals surface area (Å²) in [6.07, 6.45) is 3.57. The first-order valence-corrected chi connectivity index (χ1v) is 7.93. The molecule has 1 saturated heterocycles. The predicted molar refractivity (Wildman–Crippen MR) is 82.8 cm³/mol. The van der Waals surface area contributed by atoms with Crippen molar-refractivity contribution in [3.63, 3.8) is 0 Å². The van der Waals surface area contributed by atoms with Crippen molar-refractivity contribution in [3.8, 4) is 0 Å². The van der Waals surface area contributed by atoms with Gasteiger partial charge in [0.25, 0.3) is 11.5 Å². The molecule has 22 heavy (non-hydrogen) atoms. The van der Waals surface area contributed by atoms with Crippen molar-refractivity contribution < 1.29 is 9.53 Å². The summed E-state index contributed by atoms with van der Waals surface area (Å²) in [5, 5.41) is 7.71. The molecule has 0 aromatic carbocycles. The predicted octanol–water partition coefficient (Wildman–Crippen LogP) is 0.127. The summed E-state index contributed by atoms with van der Waals surface area (Å²) in [6, 6.07) is 0. The van der Waals surface area contributed by atoms with Gasteiger partial charge in [0, 0.05) is 32.9 Å². The van der Waals surface area contributed by atoms with Crippen LogP contribution in [0.3, 0.4) is 0 Å². The Morgan fingerprint density at radius 1 is 1.45 bits per heavy atom. The summed E-state index contributed by atoms with van der Waals surface area (Å²) in [7, 11) is 1.55. The summed E-state index contributed by atoms with van der Waals surface area (Å²) in [5.41, 5.74) is -0.450. The van der Waals surface area contributed by atoms with Crippen LogP contribution >= 0.6 is 11.3 Å². The maximum Gasteiger partial charge on any atom is 0.288 e. The standard InChI is InChI=1S/C13H17N5O3S/c1-21-7-4-14-10(19)9-8-15-12-18(11(9)20)16-13(22-12)17-5-2-3-6-17/h8H,2-7H2,1H3,(H,14,19). The van der Waals surface area contributed by atoms with Crippen molar-refractivity contribution in [2.24, 2.45) is 0 Å². The third-order valence-corrected chi connectivity index (χ3v) is 4.47. The van der Waals surface area contributed by atoms with Crippen molar-refractivity contribution in [1.82, 2.24) is 19.9 Å². The lowest BCUT2D eigenvalue weighted by Crippen LogP contribution is -2.33. The molecule has 2 aromatic rings. The molecule has 8 nitrogen and oxygen atoms in total. The summed E-state index contributed by atoms with van der Waals surface area (Å²) in [5.74, 6) is -0.459. The summed E-state index contributed by atoms with van der Waals surface area (Å²) in [4.78, 5) is 31.2. The molecule has 1 aliphatic heterocycles. The molecule has 0 aliphatic carbocycles. The average molecular weight is 323 g/mol. The minimum Gasteiger partial charge on any atom is -0.383 e. The van der Waals surface area contributed by atoms with Gasteiger partial charge in [-0.2, -0.15) is 4.52 Å². The van der Waals surface area contributed by atoms with Crippen molar-refractivity contribution in [1.29, 1.82) is 0 Å². The number of anilines is 1. The van der Waals surface area contributed by atoms with Crippen molar-refractivity contribution in [2.75, 3.05) is 38.3 Å². The largest absolute Gasteiger partial charge is 0.383 e. The average Bonchev–Trinajstić information content (AvgIpc) is 3.17. The number of methoxy groups -OCH3 is 1. The number of hydrogen-bond acceptors (Lipinski definition) is 7. The molecule has 1 aliphatic rings. The minimum atomic E-state index is -0.459. The topological polar surface area (TPSA) is 88.8 Å². The summed E-state index contributed by atoms with van der Waals surface area (Å²) >= 11 is 1.37. The molecule has 0 atom stereocenters. The van der Waals surface area contributed by atoms with Gasteiger partial charge in [-0.25, -0.2) is 4.98 Å². The highest BCUT2D eigenvalue weighted by molar-refractivity contribution is 7.20. The van der Waals surface area contributed by atoms with Gasteiger partial charge < -0.3 is 15.0 Å². The Bertz CT molecular complexity index is 735. The molecule has 1 amide bonds. The maximum atomic E-state index is 12.4. The van der Waals surface area contributed by atoms with Gasteiger partial charge in [0.1, 0.15) is 5.56 Å². The molecule has 2 aromatic heterocycles. The second-order valence-corrected chi connectivity index (χ2v) is 5.93. The van der Waals surface area contributed by atoms with E-state index in [4.69, 9.17) is 4.74 Å². The molecule has 1 fully saturated rings. The Morgan fingerprint density at radius 2 is 2.23 bits per heavy atom. The molecular weight excluding hydrogens is 306 g/mol. The van der Waals surface area contributed by atoms with E-state index in [-0.39, 0.29) is 5.56 Å². The Hall–Kier alpha value is -2.00. The van der Waals surface area contributed by atoms with Gasteiger partial charge in [0.2, 0.25) is 10.1 Å². The van der Waals surface area contributed by atoms with E-state index in [1.54, 1.807) is 7.11 Å². The number of hydrogen-bond donors (Lipinski definition) is 1. The highest BCUT2D eigenvalue weighted by Crippen LogP contribution is 2.24. The van der Waals surface area contributed by atoms with Crippen LogP contribution in [0.5, 0.6) is 0 Å². The van der Waals surface area contributed by atoms with Gasteiger partial charge >= 0.3 is 0 Å². The van der Waals surface area contributed by atoms with E-state index in [1.165, 1.54) is 22.0 Å². The fourth-order valence-electron chi connectivity index (χ4n) is 2.33. The first kappa shape index (κ1) is 14.9. The normalized spacial score (nSPS) is 14.7. The molecule has 3 rings (SSSR count). The smallest absolute Gasteiger partial charge is 0.288 e. The summed E-state index contributed by atoms with van der Waals surface area (Å²) < 4.78 is 6.07. The quantitative estimate of drug-likeness (QED) is 0.787. The molecule has 9 heteroatoms. The second-order valence-electron chi connectivity index (χ2n) is 5.00. The van der Waals surface area contributed by atoms with E-state index < -0.39 is 11.5 Å². The fourth-order valence-corrected chi connectivity index (χ4v) is 3.24. The Kier molecular flexibility index (Phi) is 4.34. The Labute approximate surface area is 130 Å². The van der Waals surface area contributed by atoms with E-state index in [2.05, 4.69) is 20.3 Å². The molecule has 0 spiro atoms. The number of carbonyl (C=O) groups excluding carboxylic acids is 1. The minimum absolute atomic E-state index is 0.00752. The van der Waals surface area contributed by atoms with Crippen LogP contribution in [0.15, 0.2) is 11.0 Å². The molecule has 1 N–H and O–H groups in total. The van der Waals surface area contributed by atoms with E-state index in [1.807, 2.05) is 0 Å². The van der Waals surface area contributed by atoms with Crippen LogP contribution < -0.4 is 15.8 Å². The van der Waals surface area contributed by atoms with Gasteiger partial charge in [-0.05, 0) is 12.8 Å². The number of rotatable bonds is 5. The first-order chi connectivity index (χ1) is 10.7. The first-order valence-electron chi connectivity index (χ1n) is 7.11. The van der Waals surface area contributed by atoms with Gasteiger partial charge in [0.05, 0.1) is 6.61 Å².